The van der Waals surface area contributed by atoms with Crippen LogP contribution in [0.2, 0.25) is 0 Å². The molecule has 0 fully saturated rings. The molecule has 0 atom stereocenters. The van der Waals surface area contributed by atoms with E-state index in [-0.39, 0.29) is 17.7 Å². The molecular formula is C18H21N5O3S2. The van der Waals surface area contributed by atoms with Crippen molar-refractivity contribution in [3.05, 3.63) is 29.9 Å². The first-order chi connectivity index (χ1) is 13.5. The summed E-state index contributed by atoms with van der Waals surface area (Å²) in [6.07, 6.45) is 1.67. The number of rotatable bonds is 8. The molecule has 1 amide bonds. The second-order valence-corrected chi connectivity index (χ2v) is 7.86. The third kappa shape index (κ3) is 4.63. The Balaban J connectivity index is 1.63. The highest BCUT2D eigenvalue weighted by atomic mass is 32.2. The predicted molar refractivity (Wildman–Crippen MR) is 110 cm³/mol. The van der Waals surface area contributed by atoms with E-state index in [1.54, 1.807) is 20.5 Å². The number of hydrogen-bond donors (Lipinski definition) is 1. The van der Waals surface area contributed by atoms with Crippen LogP contribution >= 0.6 is 23.1 Å². The van der Waals surface area contributed by atoms with Gasteiger partial charge in [-0.25, -0.2) is 4.98 Å². The molecule has 0 aliphatic heterocycles. The minimum Gasteiger partial charge on any atom is -0.493 e. The number of nitrogens with one attached hydrogen (secondary N) is 1. The van der Waals surface area contributed by atoms with Crippen molar-refractivity contribution in [2.75, 3.05) is 25.3 Å². The maximum atomic E-state index is 12.3. The monoisotopic (exact) mass is 419 g/mol. The third-order valence-corrected chi connectivity index (χ3v) is 5.57. The zero-order valence-electron chi connectivity index (χ0n) is 16.0. The van der Waals surface area contributed by atoms with E-state index in [0.29, 0.717) is 16.6 Å². The number of carbonyl (C=O) groups is 1. The standard InChI is InChI=1S/C18H21N5O3S2/c1-11(2)23-10-19-22-18(23)28-9-16(24)21-17-20-13(8-27-17)12-5-6-14(25-3)15(7-12)26-4/h5-8,10-11H,9H2,1-4H3,(H,20,21,24). The fourth-order valence-electron chi connectivity index (χ4n) is 2.43. The van der Waals surface area contributed by atoms with Gasteiger partial charge in [-0.05, 0) is 32.0 Å². The minimum absolute atomic E-state index is 0.142. The average molecular weight is 420 g/mol. The van der Waals surface area contributed by atoms with Gasteiger partial charge in [-0.2, -0.15) is 0 Å². The Kier molecular flexibility index (Phi) is 6.53. The van der Waals surface area contributed by atoms with E-state index < -0.39 is 0 Å². The highest BCUT2D eigenvalue weighted by Crippen LogP contribution is 2.33. The summed E-state index contributed by atoms with van der Waals surface area (Å²) < 4.78 is 12.5. The van der Waals surface area contributed by atoms with E-state index in [9.17, 15) is 4.79 Å². The number of hydrogen-bond acceptors (Lipinski definition) is 8. The van der Waals surface area contributed by atoms with Crippen molar-refractivity contribution in [3.8, 4) is 22.8 Å². The number of thioether (sulfide) groups is 1. The quantitative estimate of drug-likeness (QED) is 0.556. The molecule has 1 N–H and O–H groups in total. The number of methoxy groups -OCH3 is 2. The summed E-state index contributed by atoms with van der Waals surface area (Å²) in [4.78, 5) is 16.7. The molecule has 0 saturated heterocycles. The number of aromatic nitrogens is 4. The third-order valence-electron chi connectivity index (χ3n) is 3.86. The van der Waals surface area contributed by atoms with Crippen LogP contribution in [-0.4, -0.2) is 45.6 Å². The lowest BCUT2D eigenvalue weighted by Gasteiger charge is -2.09. The summed E-state index contributed by atoms with van der Waals surface area (Å²) in [6.45, 7) is 4.08. The fourth-order valence-corrected chi connectivity index (χ4v) is 4.01. The van der Waals surface area contributed by atoms with Crippen LogP contribution in [0.4, 0.5) is 5.13 Å². The zero-order chi connectivity index (χ0) is 20.1. The molecule has 148 valence electrons. The van der Waals surface area contributed by atoms with Gasteiger partial charge in [0.1, 0.15) is 6.33 Å². The van der Waals surface area contributed by atoms with Crippen molar-refractivity contribution < 1.29 is 14.3 Å². The molecule has 0 spiro atoms. The summed E-state index contributed by atoms with van der Waals surface area (Å²) in [6, 6.07) is 5.82. The predicted octanol–water partition coefficient (Wildman–Crippen LogP) is 3.73. The molecule has 3 rings (SSSR count). The zero-order valence-corrected chi connectivity index (χ0v) is 17.6. The smallest absolute Gasteiger partial charge is 0.236 e. The topological polar surface area (TPSA) is 91.2 Å². The van der Waals surface area contributed by atoms with Crippen molar-refractivity contribution in [1.82, 2.24) is 19.7 Å². The molecular weight excluding hydrogens is 398 g/mol. The largest absolute Gasteiger partial charge is 0.493 e. The Bertz CT molecular complexity index is 954. The van der Waals surface area contributed by atoms with Crippen LogP contribution in [0, 0.1) is 0 Å². The van der Waals surface area contributed by atoms with Gasteiger partial charge in [0.2, 0.25) is 5.91 Å². The molecule has 28 heavy (non-hydrogen) atoms. The number of thiazole rings is 1. The van der Waals surface area contributed by atoms with Gasteiger partial charge in [-0.15, -0.1) is 21.5 Å². The molecule has 0 unspecified atom stereocenters. The van der Waals surface area contributed by atoms with Crippen molar-refractivity contribution in [3.63, 3.8) is 0 Å². The molecule has 0 bridgehead atoms. The second kappa shape index (κ2) is 9.07. The van der Waals surface area contributed by atoms with Gasteiger partial charge in [0, 0.05) is 17.0 Å². The number of anilines is 1. The number of ether oxygens (including phenoxy) is 2. The van der Waals surface area contributed by atoms with E-state index in [0.717, 1.165) is 16.4 Å². The molecule has 8 nitrogen and oxygen atoms in total. The molecule has 1 aromatic carbocycles. The average Bonchev–Trinajstić information content (AvgIpc) is 3.35. The van der Waals surface area contributed by atoms with Crippen LogP contribution in [0.5, 0.6) is 11.5 Å². The second-order valence-electron chi connectivity index (χ2n) is 6.06. The van der Waals surface area contributed by atoms with Gasteiger partial charge in [0.25, 0.3) is 0 Å². The van der Waals surface area contributed by atoms with Crippen molar-refractivity contribution in [1.29, 1.82) is 0 Å². The van der Waals surface area contributed by atoms with Crippen LogP contribution in [0.3, 0.4) is 0 Å². The summed E-state index contributed by atoms with van der Waals surface area (Å²) in [5.74, 6) is 1.37. The lowest BCUT2D eigenvalue weighted by Crippen LogP contribution is -2.14. The van der Waals surface area contributed by atoms with E-state index in [4.69, 9.17) is 9.47 Å². The van der Waals surface area contributed by atoms with E-state index in [1.807, 2.05) is 42.0 Å². The molecule has 0 aliphatic rings. The van der Waals surface area contributed by atoms with Crippen molar-refractivity contribution in [2.45, 2.75) is 25.0 Å². The molecule has 0 radical (unpaired) electrons. The molecule has 2 heterocycles. The summed E-state index contributed by atoms with van der Waals surface area (Å²) in [5, 5.41) is 13.9. The SMILES string of the molecule is COc1ccc(-c2csc(NC(=O)CSc3nncn3C(C)C)n2)cc1OC. The Hall–Kier alpha value is -2.59. The summed E-state index contributed by atoms with van der Waals surface area (Å²) in [5.41, 5.74) is 1.64. The lowest BCUT2D eigenvalue weighted by molar-refractivity contribution is -0.113. The van der Waals surface area contributed by atoms with Crippen molar-refractivity contribution >= 4 is 34.1 Å². The van der Waals surface area contributed by atoms with Crippen LogP contribution in [0.1, 0.15) is 19.9 Å². The van der Waals surface area contributed by atoms with Gasteiger partial charge in [0.15, 0.2) is 21.8 Å². The highest BCUT2D eigenvalue weighted by molar-refractivity contribution is 7.99. The number of carbonyl (C=O) groups excluding carboxylic acids is 1. The Morgan fingerprint density at radius 2 is 2.07 bits per heavy atom. The van der Waals surface area contributed by atoms with Crippen LogP contribution < -0.4 is 14.8 Å². The van der Waals surface area contributed by atoms with Gasteiger partial charge >= 0.3 is 0 Å². The van der Waals surface area contributed by atoms with Crippen LogP contribution in [0.15, 0.2) is 35.1 Å². The molecule has 0 aliphatic carbocycles. The van der Waals surface area contributed by atoms with E-state index in [2.05, 4.69) is 20.5 Å². The van der Waals surface area contributed by atoms with Crippen LogP contribution in [-0.2, 0) is 4.79 Å². The Morgan fingerprint density at radius 3 is 2.79 bits per heavy atom. The van der Waals surface area contributed by atoms with Gasteiger partial charge < -0.3 is 19.4 Å². The first kappa shape index (κ1) is 20.2. The van der Waals surface area contributed by atoms with Gasteiger partial charge in [-0.3, -0.25) is 4.79 Å². The molecule has 2 aromatic heterocycles. The first-order valence-electron chi connectivity index (χ1n) is 8.52. The summed E-state index contributed by atoms with van der Waals surface area (Å²) >= 11 is 2.72. The molecule has 0 saturated carbocycles. The maximum Gasteiger partial charge on any atom is 0.236 e. The summed E-state index contributed by atoms with van der Waals surface area (Å²) in [7, 11) is 3.18. The minimum atomic E-state index is -0.142. The van der Waals surface area contributed by atoms with Gasteiger partial charge in [0.05, 0.1) is 25.7 Å². The fraction of sp³-hybridized carbons (Fsp3) is 0.333. The lowest BCUT2D eigenvalue weighted by atomic mass is 10.1. The normalized spacial score (nSPS) is 10.9. The first-order valence-corrected chi connectivity index (χ1v) is 10.4. The Morgan fingerprint density at radius 1 is 1.29 bits per heavy atom. The highest BCUT2D eigenvalue weighted by Gasteiger charge is 2.13. The molecule has 3 aromatic rings. The number of nitrogens with zero attached hydrogens (tertiary/aromatic N) is 4. The Labute approximate surface area is 171 Å². The van der Waals surface area contributed by atoms with Crippen molar-refractivity contribution in [2.24, 2.45) is 0 Å². The molecule has 10 heteroatoms. The van der Waals surface area contributed by atoms with Gasteiger partial charge in [-0.1, -0.05) is 11.8 Å². The van der Waals surface area contributed by atoms with E-state index >= 15 is 0 Å². The van der Waals surface area contributed by atoms with Crippen LogP contribution in [0.25, 0.3) is 11.3 Å². The van der Waals surface area contributed by atoms with E-state index in [1.165, 1.54) is 23.1 Å². The maximum absolute atomic E-state index is 12.3. The number of benzene rings is 1. The number of amides is 1.